The number of aryl methyl sites for hydroxylation is 1. The number of hydrogen-bond donors (Lipinski definition) is 2. The van der Waals surface area contributed by atoms with Crippen LogP contribution in [0.15, 0.2) is 48.5 Å². The van der Waals surface area contributed by atoms with Crippen LogP contribution in [0.25, 0.3) is 0 Å². The Labute approximate surface area is 124 Å². The van der Waals surface area contributed by atoms with Crippen LogP contribution in [0.4, 0.5) is 10.5 Å². The molecule has 0 aliphatic heterocycles. The van der Waals surface area contributed by atoms with Crippen molar-refractivity contribution in [2.45, 2.75) is 19.9 Å². The zero-order valence-electron chi connectivity index (χ0n) is 11.5. The van der Waals surface area contributed by atoms with E-state index in [1.807, 2.05) is 62.4 Å². The van der Waals surface area contributed by atoms with Crippen LogP contribution in [0.5, 0.6) is 0 Å². The molecule has 1 unspecified atom stereocenters. The fraction of sp³-hybridized carbons (Fsp3) is 0.188. The van der Waals surface area contributed by atoms with E-state index < -0.39 is 0 Å². The van der Waals surface area contributed by atoms with Crippen molar-refractivity contribution in [2.75, 3.05) is 5.32 Å². The number of carbonyl (C=O) groups excluding carboxylic acids is 1. The summed E-state index contributed by atoms with van der Waals surface area (Å²) >= 11 is 5.94. The second-order valence-corrected chi connectivity index (χ2v) is 5.18. The van der Waals surface area contributed by atoms with Gasteiger partial charge in [0.2, 0.25) is 0 Å². The Hall–Kier alpha value is -2.00. The van der Waals surface area contributed by atoms with Gasteiger partial charge in [-0.25, -0.2) is 4.79 Å². The van der Waals surface area contributed by atoms with Gasteiger partial charge in [0.05, 0.1) is 6.04 Å². The van der Waals surface area contributed by atoms with E-state index in [4.69, 9.17) is 11.6 Å². The number of urea groups is 1. The molecule has 0 spiro atoms. The predicted molar refractivity (Wildman–Crippen MR) is 83.2 cm³/mol. The highest BCUT2D eigenvalue weighted by Crippen LogP contribution is 2.17. The molecule has 2 N–H and O–H groups in total. The molecule has 2 rings (SSSR count). The highest BCUT2D eigenvalue weighted by atomic mass is 35.5. The largest absolute Gasteiger partial charge is 0.331 e. The maximum atomic E-state index is 11.9. The maximum Gasteiger partial charge on any atom is 0.319 e. The number of rotatable bonds is 3. The molecule has 0 aromatic heterocycles. The summed E-state index contributed by atoms with van der Waals surface area (Å²) in [5.74, 6) is 0. The summed E-state index contributed by atoms with van der Waals surface area (Å²) in [5, 5.41) is 6.36. The van der Waals surface area contributed by atoms with Crippen LogP contribution in [0, 0.1) is 6.92 Å². The molecule has 0 fully saturated rings. The van der Waals surface area contributed by atoms with Crippen LogP contribution in [-0.4, -0.2) is 6.03 Å². The molecular weight excluding hydrogens is 272 g/mol. The Morgan fingerprint density at radius 1 is 1.15 bits per heavy atom. The zero-order chi connectivity index (χ0) is 14.5. The Balaban J connectivity index is 1.97. The Kier molecular flexibility index (Phi) is 4.64. The van der Waals surface area contributed by atoms with Crippen molar-refractivity contribution in [3.63, 3.8) is 0 Å². The molecule has 3 nitrogen and oxygen atoms in total. The van der Waals surface area contributed by atoms with Crippen LogP contribution in [0.3, 0.4) is 0 Å². The topological polar surface area (TPSA) is 41.1 Å². The molecule has 104 valence electrons. The predicted octanol–water partition coefficient (Wildman–Crippen LogP) is 4.53. The third-order valence-corrected chi connectivity index (χ3v) is 3.21. The first-order valence-corrected chi connectivity index (χ1v) is 6.82. The number of hydrogen-bond acceptors (Lipinski definition) is 1. The molecule has 4 heteroatoms. The molecule has 2 amide bonds. The molecule has 20 heavy (non-hydrogen) atoms. The number of nitrogens with one attached hydrogen (secondary N) is 2. The molecule has 0 radical (unpaired) electrons. The van der Waals surface area contributed by atoms with Crippen LogP contribution in [0.2, 0.25) is 5.02 Å². The average molecular weight is 289 g/mol. The second-order valence-electron chi connectivity index (χ2n) is 4.74. The van der Waals surface area contributed by atoms with Crippen molar-refractivity contribution in [3.8, 4) is 0 Å². The van der Waals surface area contributed by atoms with Gasteiger partial charge in [-0.15, -0.1) is 0 Å². The lowest BCUT2D eigenvalue weighted by atomic mass is 10.1. The van der Waals surface area contributed by atoms with Gasteiger partial charge in [-0.2, -0.15) is 0 Å². The monoisotopic (exact) mass is 288 g/mol. The van der Waals surface area contributed by atoms with E-state index in [1.165, 1.54) is 0 Å². The zero-order valence-corrected chi connectivity index (χ0v) is 12.2. The van der Waals surface area contributed by atoms with Gasteiger partial charge in [0.15, 0.2) is 0 Å². The summed E-state index contributed by atoms with van der Waals surface area (Å²) in [6.45, 7) is 3.90. The molecule has 0 bridgehead atoms. The second kappa shape index (κ2) is 6.44. The number of halogens is 1. The highest BCUT2D eigenvalue weighted by Gasteiger charge is 2.09. The first-order valence-electron chi connectivity index (χ1n) is 6.44. The van der Waals surface area contributed by atoms with Gasteiger partial charge in [0, 0.05) is 10.7 Å². The SMILES string of the molecule is Cc1cccc(NC(=O)NC(C)c2cccc(Cl)c2)c1. The minimum absolute atomic E-state index is 0.112. The average Bonchev–Trinajstić information content (AvgIpc) is 2.38. The first-order chi connectivity index (χ1) is 9.54. The van der Waals surface area contributed by atoms with E-state index in [1.54, 1.807) is 0 Å². The number of benzene rings is 2. The van der Waals surface area contributed by atoms with Gasteiger partial charge in [-0.3, -0.25) is 0 Å². The fourth-order valence-electron chi connectivity index (χ4n) is 1.95. The standard InChI is InChI=1S/C16H17ClN2O/c1-11-5-3-8-15(9-11)19-16(20)18-12(2)13-6-4-7-14(17)10-13/h3-10,12H,1-2H3,(H2,18,19,20). The molecule has 2 aromatic carbocycles. The number of carbonyl (C=O) groups is 1. The van der Waals surface area contributed by atoms with Gasteiger partial charge < -0.3 is 10.6 Å². The van der Waals surface area contributed by atoms with Crippen LogP contribution >= 0.6 is 11.6 Å². The molecule has 0 aliphatic rings. The Bertz CT molecular complexity index is 613. The van der Waals surface area contributed by atoms with Gasteiger partial charge in [-0.05, 0) is 49.2 Å². The summed E-state index contributed by atoms with van der Waals surface area (Å²) in [4.78, 5) is 11.9. The van der Waals surface area contributed by atoms with Crippen LogP contribution in [-0.2, 0) is 0 Å². The van der Waals surface area contributed by atoms with E-state index in [0.29, 0.717) is 5.02 Å². The van der Waals surface area contributed by atoms with Gasteiger partial charge in [0.25, 0.3) is 0 Å². The minimum atomic E-state index is -0.233. The van der Waals surface area contributed by atoms with Gasteiger partial charge in [0.1, 0.15) is 0 Å². The summed E-state index contributed by atoms with van der Waals surface area (Å²) in [5.41, 5.74) is 2.85. The normalized spacial score (nSPS) is 11.8. The molecule has 0 saturated heterocycles. The van der Waals surface area contributed by atoms with E-state index in [-0.39, 0.29) is 12.1 Å². The smallest absolute Gasteiger partial charge is 0.319 e. The van der Waals surface area contributed by atoms with Crippen molar-refractivity contribution < 1.29 is 4.79 Å². The summed E-state index contributed by atoms with van der Waals surface area (Å²) in [6, 6.07) is 14.8. The molecule has 0 heterocycles. The van der Waals surface area contributed by atoms with Gasteiger partial charge in [-0.1, -0.05) is 35.9 Å². The third-order valence-electron chi connectivity index (χ3n) is 2.97. The quantitative estimate of drug-likeness (QED) is 0.856. The lowest BCUT2D eigenvalue weighted by Crippen LogP contribution is -2.31. The molecule has 0 saturated carbocycles. The molecule has 2 aromatic rings. The maximum absolute atomic E-state index is 11.9. The van der Waals surface area contributed by atoms with E-state index >= 15 is 0 Å². The minimum Gasteiger partial charge on any atom is -0.331 e. The molecule has 0 aliphatic carbocycles. The molecule has 1 atom stereocenters. The van der Waals surface area contributed by atoms with E-state index in [9.17, 15) is 4.79 Å². The number of amides is 2. The lowest BCUT2D eigenvalue weighted by Gasteiger charge is -2.15. The Morgan fingerprint density at radius 3 is 2.60 bits per heavy atom. The van der Waals surface area contributed by atoms with Crippen molar-refractivity contribution in [1.29, 1.82) is 0 Å². The Morgan fingerprint density at radius 2 is 1.90 bits per heavy atom. The highest BCUT2D eigenvalue weighted by molar-refractivity contribution is 6.30. The third kappa shape index (κ3) is 4.00. The number of anilines is 1. The molecular formula is C16H17ClN2O. The summed E-state index contributed by atoms with van der Waals surface area (Å²) in [6.07, 6.45) is 0. The van der Waals surface area contributed by atoms with Crippen molar-refractivity contribution >= 4 is 23.3 Å². The summed E-state index contributed by atoms with van der Waals surface area (Å²) < 4.78 is 0. The van der Waals surface area contributed by atoms with Crippen molar-refractivity contribution in [3.05, 3.63) is 64.7 Å². The van der Waals surface area contributed by atoms with Crippen molar-refractivity contribution in [2.24, 2.45) is 0 Å². The van der Waals surface area contributed by atoms with Gasteiger partial charge >= 0.3 is 6.03 Å². The van der Waals surface area contributed by atoms with E-state index in [0.717, 1.165) is 16.8 Å². The van der Waals surface area contributed by atoms with E-state index in [2.05, 4.69) is 10.6 Å². The van der Waals surface area contributed by atoms with Crippen LogP contribution in [0.1, 0.15) is 24.1 Å². The summed E-state index contributed by atoms with van der Waals surface area (Å²) in [7, 11) is 0. The fourth-order valence-corrected chi connectivity index (χ4v) is 2.14. The van der Waals surface area contributed by atoms with Crippen LogP contribution < -0.4 is 10.6 Å². The lowest BCUT2D eigenvalue weighted by molar-refractivity contribution is 0.249. The first kappa shape index (κ1) is 14.4. The van der Waals surface area contributed by atoms with Crippen molar-refractivity contribution in [1.82, 2.24) is 5.32 Å².